The molecule has 1 fully saturated rings. The van der Waals surface area contributed by atoms with Gasteiger partial charge in [0.1, 0.15) is 24.4 Å². The molecule has 2 amide bonds. The van der Waals surface area contributed by atoms with E-state index in [9.17, 15) is 33.1 Å². The first-order chi connectivity index (χ1) is 23.2. The second-order valence-electron chi connectivity index (χ2n) is 12.8. The van der Waals surface area contributed by atoms with Crippen molar-refractivity contribution in [3.8, 4) is 34.8 Å². The van der Waals surface area contributed by atoms with Crippen LogP contribution in [0.3, 0.4) is 0 Å². The number of rotatable bonds is 8. The summed E-state index contributed by atoms with van der Waals surface area (Å²) in [6, 6.07) is 0.246. The molecule has 0 radical (unpaired) electrons. The molecule has 2 bridgehead atoms. The summed E-state index contributed by atoms with van der Waals surface area (Å²) in [5, 5.41) is 26.9. The number of nitrogens with one attached hydrogen (secondary N) is 2. The van der Waals surface area contributed by atoms with Crippen molar-refractivity contribution >= 4 is 11.8 Å². The maximum absolute atomic E-state index is 13.2. The minimum atomic E-state index is -5.16. The minimum Gasteiger partial charge on any atom is -0.504 e. The van der Waals surface area contributed by atoms with Crippen LogP contribution in [0.5, 0.6) is 28.7 Å². The van der Waals surface area contributed by atoms with Crippen LogP contribution >= 0.6 is 0 Å². The summed E-state index contributed by atoms with van der Waals surface area (Å²) in [7, 11) is 3.41. The van der Waals surface area contributed by atoms with Gasteiger partial charge in [0.05, 0.1) is 25.3 Å². The van der Waals surface area contributed by atoms with Crippen LogP contribution in [0.1, 0.15) is 52.4 Å². The van der Waals surface area contributed by atoms with Gasteiger partial charge < -0.3 is 34.7 Å². The topological polar surface area (TPSA) is 146 Å². The first-order valence-electron chi connectivity index (χ1n) is 15.9. The van der Waals surface area contributed by atoms with Crippen LogP contribution in [0.25, 0.3) is 0 Å². The third-order valence-corrected chi connectivity index (χ3v) is 10.1. The molecule has 12 nitrogen and oxygen atoms in total. The molecule has 6 atom stereocenters. The lowest BCUT2D eigenvalue weighted by Crippen LogP contribution is -2.69. The molecule has 3 N–H and O–H groups in total. The number of benzene rings is 2. The van der Waals surface area contributed by atoms with Gasteiger partial charge in [0.15, 0.2) is 23.0 Å². The predicted molar refractivity (Wildman–Crippen MR) is 169 cm³/mol. The van der Waals surface area contributed by atoms with Crippen LogP contribution in [0.4, 0.5) is 13.2 Å². The average Bonchev–Trinajstić information content (AvgIpc) is 3.54. The predicted octanol–water partition coefficient (Wildman–Crippen LogP) is 3.27. The number of hydrogen-bond donors (Lipinski definition) is 3. The van der Waals surface area contributed by atoms with Crippen molar-refractivity contribution in [2.45, 2.75) is 76.0 Å². The molecular weight excluding hydrogens is 647 g/mol. The molecule has 4 aliphatic rings. The number of hydrogen-bond acceptors (Lipinski definition) is 10. The smallest absolute Gasteiger partial charge is 0.471 e. The number of fused-ring (bicyclic) bond motifs is 9. The molecule has 4 heterocycles. The van der Waals surface area contributed by atoms with E-state index in [1.54, 1.807) is 11.4 Å². The van der Waals surface area contributed by atoms with Gasteiger partial charge in [0, 0.05) is 40.9 Å². The van der Waals surface area contributed by atoms with Crippen LogP contribution < -0.4 is 29.6 Å². The number of alkyl halides is 3. The standard InChI is InChI=1S/C34H38F3N5O7/c1-7-8-47-29-16(3)30-31(49-14-48-30)25-19(29)11-21-26-24-18(9-15(2)28(46-6)27(24)43)10-20(41(26)5)22(12-38)42(21)23(25)13-39-32(44)17(4)40-33(45)34(35,36)37/h7,9,17,20-23,26,43H,1,8,10-11,13-14H2,2-6H3,(H,39,44)(H,40,45)/t17-,20?,21-,22-,23-,26?/m0/s1. The monoisotopic (exact) mass is 685 g/mol. The summed E-state index contributed by atoms with van der Waals surface area (Å²) in [6.45, 7) is 8.57. The third kappa shape index (κ3) is 5.47. The van der Waals surface area contributed by atoms with Gasteiger partial charge in [-0.25, -0.2) is 0 Å². The summed E-state index contributed by atoms with van der Waals surface area (Å²) >= 11 is 0. The molecule has 0 saturated carbocycles. The summed E-state index contributed by atoms with van der Waals surface area (Å²) in [6.07, 6.45) is -2.78. The number of carbonyl (C=O) groups is 2. The summed E-state index contributed by atoms with van der Waals surface area (Å²) in [5.74, 6) is -1.32. The zero-order chi connectivity index (χ0) is 35.5. The maximum atomic E-state index is 13.2. The number of methoxy groups -OCH3 is 1. The Morgan fingerprint density at radius 2 is 1.92 bits per heavy atom. The number of likely N-dealkylation sites (N-methyl/N-ethyl adjacent to an activating group) is 1. The minimum absolute atomic E-state index is 0.0121. The van der Waals surface area contributed by atoms with Crippen LogP contribution in [0, 0.1) is 25.2 Å². The lowest BCUT2D eigenvalue weighted by Gasteiger charge is -2.60. The number of aryl methyl sites for hydroxylation is 1. The average molecular weight is 686 g/mol. The van der Waals surface area contributed by atoms with Gasteiger partial charge in [-0.2, -0.15) is 18.4 Å². The molecule has 15 heteroatoms. The molecule has 0 spiro atoms. The Morgan fingerprint density at radius 1 is 1.20 bits per heavy atom. The van der Waals surface area contributed by atoms with Crippen molar-refractivity contribution < 1.29 is 46.8 Å². The van der Waals surface area contributed by atoms with Crippen molar-refractivity contribution in [3.05, 3.63) is 52.1 Å². The van der Waals surface area contributed by atoms with E-state index < -0.39 is 48.2 Å². The number of ether oxygens (including phenoxy) is 4. The highest BCUT2D eigenvalue weighted by atomic mass is 19.4. The van der Waals surface area contributed by atoms with E-state index >= 15 is 0 Å². The van der Waals surface area contributed by atoms with Gasteiger partial charge in [-0.3, -0.25) is 19.4 Å². The van der Waals surface area contributed by atoms with Gasteiger partial charge in [-0.15, -0.1) is 0 Å². The van der Waals surface area contributed by atoms with E-state index in [0.717, 1.165) is 23.6 Å². The fourth-order valence-electron chi connectivity index (χ4n) is 8.06. The van der Waals surface area contributed by atoms with Crippen molar-refractivity contribution in [3.63, 3.8) is 0 Å². The number of aromatic hydroxyl groups is 1. The van der Waals surface area contributed by atoms with Gasteiger partial charge >= 0.3 is 12.1 Å². The van der Waals surface area contributed by atoms with Crippen molar-refractivity contribution in [1.29, 1.82) is 5.26 Å². The molecule has 1 saturated heterocycles. The Hall–Kier alpha value is -4.68. The molecule has 2 aromatic rings. The number of nitriles is 1. The zero-order valence-corrected chi connectivity index (χ0v) is 27.7. The highest BCUT2D eigenvalue weighted by Crippen LogP contribution is 2.58. The van der Waals surface area contributed by atoms with Gasteiger partial charge in [-0.05, 0) is 51.8 Å². The van der Waals surface area contributed by atoms with E-state index in [2.05, 4.69) is 22.9 Å². The molecule has 262 valence electrons. The largest absolute Gasteiger partial charge is 0.504 e. The maximum Gasteiger partial charge on any atom is 0.471 e. The molecule has 0 aliphatic carbocycles. The van der Waals surface area contributed by atoms with Crippen molar-refractivity contribution in [1.82, 2.24) is 20.4 Å². The van der Waals surface area contributed by atoms with E-state index in [1.807, 2.05) is 31.9 Å². The van der Waals surface area contributed by atoms with E-state index in [-0.39, 0.29) is 31.7 Å². The first kappa shape index (κ1) is 34.2. The van der Waals surface area contributed by atoms with Crippen molar-refractivity contribution in [2.75, 3.05) is 34.1 Å². The molecule has 0 aromatic heterocycles. The van der Waals surface area contributed by atoms with E-state index in [1.165, 1.54) is 7.11 Å². The number of halogens is 3. The molecule has 49 heavy (non-hydrogen) atoms. The normalized spacial score (nSPS) is 24.4. The Morgan fingerprint density at radius 3 is 2.57 bits per heavy atom. The van der Waals surface area contributed by atoms with Crippen LogP contribution in [-0.2, 0) is 22.4 Å². The first-order valence-corrected chi connectivity index (χ1v) is 15.9. The molecular formula is C34H38F3N5O7. The number of phenols is 1. The summed E-state index contributed by atoms with van der Waals surface area (Å²) < 4.78 is 62.6. The van der Waals surface area contributed by atoms with Crippen LogP contribution in [-0.4, -0.2) is 91.2 Å². The highest BCUT2D eigenvalue weighted by Gasteiger charge is 2.57. The number of nitrogens with zero attached hydrogens (tertiary/aromatic N) is 3. The lowest BCUT2D eigenvalue weighted by molar-refractivity contribution is -0.174. The van der Waals surface area contributed by atoms with Gasteiger partial charge in [-0.1, -0.05) is 18.7 Å². The Bertz CT molecular complexity index is 1760. The lowest BCUT2D eigenvalue weighted by atomic mass is 9.71. The second-order valence-corrected chi connectivity index (χ2v) is 12.8. The Labute approximate surface area is 281 Å². The fourth-order valence-corrected chi connectivity index (χ4v) is 8.06. The molecule has 6 rings (SSSR count). The van der Waals surface area contributed by atoms with Crippen LogP contribution in [0.15, 0.2) is 18.7 Å². The number of phenolic OH excluding ortho intramolecular Hbond substituents is 1. The Balaban J connectivity index is 1.51. The number of carbonyl (C=O) groups excluding carboxylic acids is 2. The van der Waals surface area contributed by atoms with Gasteiger partial charge in [0.2, 0.25) is 12.7 Å². The number of amides is 2. The zero-order valence-electron chi connectivity index (χ0n) is 27.7. The second kappa shape index (κ2) is 12.6. The summed E-state index contributed by atoms with van der Waals surface area (Å²) in [5.41, 5.74) is 4.39. The quantitative estimate of drug-likeness (QED) is 0.354. The molecule has 4 aliphatic heterocycles. The molecule has 2 unspecified atom stereocenters. The van der Waals surface area contributed by atoms with E-state index in [0.29, 0.717) is 52.5 Å². The molecule has 2 aromatic carbocycles. The van der Waals surface area contributed by atoms with Crippen LogP contribution in [0.2, 0.25) is 0 Å². The van der Waals surface area contributed by atoms with Gasteiger partial charge in [0.25, 0.3) is 0 Å². The fraction of sp³-hybridized carbons (Fsp3) is 0.500. The van der Waals surface area contributed by atoms with Crippen molar-refractivity contribution in [2.24, 2.45) is 0 Å². The Kier molecular flexibility index (Phi) is 8.83. The SMILES string of the molecule is C=CCOc1c(C)c2c(c3c1C[C@H]1C4c5c(cc(C)c(OC)c5O)CC([C@H](C#N)N1[C@H]3CNC(=O)[C@H](C)NC(=O)C(F)(F)F)N4C)OCO2. The summed E-state index contributed by atoms with van der Waals surface area (Å²) in [4.78, 5) is 28.9. The number of piperazine rings is 1. The van der Waals surface area contributed by atoms with E-state index in [4.69, 9.17) is 18.9 Å². The third-order valence-electron chi connectivity index (χ3n) is 10.1. The highest BCUT2D eigenvalue weighted by molar-refractivity contribution is 5.89.